The molecule has 222 valence electrons. The Bertz CT molecular complexity index is 1700. The van der Waals surface area contributed by atoms with E-state index >= 15 is 0 Å². The number of nitrogens with two attached hydrogens (primary N) is 1. The van der Waals surface area contributed by atoms with Gasteiger partial charge in [0, 0.05) is 35.7 Å². The Balaban J connectivity index is 1.75. The number of methoxy groups -OCH3 is 1. The zero-order valence-corrected chi connectivity index (χ0v) is 24.1. The second kappa shape index (κ2) is 8.87. The smallest absolute Gasteiger partial charge is 0.366 e. The summed E-state index contributed by atoms with van der Waals surface area (Å²) >= 11 is 0. The molecule has 1 fully saturated rings. The summed E-state index contributed by atoms with van der Waals surface area (Å²) in [4.78, 5) is 54.2. The molecule has 3 aliphatic rings. The number of nitrogen functional groups attached to an aromatic ring is 1. The Labute approximate surface area is 240 Å². The number of allylic oxidation sites excluding steroid dienone is 2. The summed E-state index contributed by atoms with van der Waals surface area (Å²) < 4.78 is 17.1. The van der Waals surface area contributed by atoms with Gasteiger partial charge >= 0.3 is 5.97 Å². The first-order chi connectivity index (χ1) is 19.4. The van der Waals surface area contributed by atoms with Crippen LogP contribution in [0.4, 0.5) is 5.69 Å². The predicted octanol–water partition coefficient (Wildman–Crippen LogP) is 2.89. The second-order valence-electron chi connectivity index (χ2n) is 11.5. The first kappa shape index (κ1) is 29.2. The van der Waals surface area contributed by atoms with Gasteiger partial charge in [-0.05, 0) is 39.3 Å². The van der Waals surface area contributed by atoms with E-state index < -0.39 is 98.0 Å². The lowest BCUT2D eigenvalue weighted by Crippen LogP contribution is -2.68. The molecule has 0 radical (unpaired) electrons. The van der Waals surface area contributed by atoms with E-state index in [0.717, 1.165) is 7.11 Å². The lowest BCUT2D eigenvalue weighted by Gasteiger charge is -2.46. The van der Waals surface area contributed by atoms with Gasteiger partial charge in [-0.25, -0.2) is 0 Å². The maximum Gasteiger partial charge on any atom is 0.366 e. The SMILES string of the molecule is CO[C@@]12Oc3c(N)c(O)c4c(c3C(=O)[C@]1(O)C(C)(C)[C@H](C)O2)C(=O)C(C)=C(Cc1c(O)c(C)cc(C(C)=O)c1O)C4=O. The van der Waals surface area contributed by atoms with E-state index in [1.807, 2.05) is 0 Å². The maximum absolute atomic E-state index is 14.2. The van der Waals surface area contributed by atoms with Gasteiger partial charge in [0.05, 0.1) is 28.4 Å². The topological polar surface area (TPSA) is 203 Å². The van der Waals surface area contributed by atoms with E-state index in [2.05, 4.69) is 0 Å². The Morgan fingerprint density at radius 2 is 1.64 bits per heavy atom. The predicted molar refractivity (Wildman–Crippen MR) is 146 cm³/mol. The van der Waals surface area contributed by atoms with E-state index in [0.29, 0.717) is 0 Å². The Morgan fingerprint density at radius 3 is 2.21 bits per heavy atom. The van der Waals surface area contributed by atoms with Crippen molar-refractivity contribution in [3.05, 3.63) is 50.6 Å². The lowest BCUT2D eigenvalue weighted by molar-refractivity contribution is -0.368. The number of hydrogen-bond donors (Lipinski definition) is 5. The molecular formula is C30H31NO11. The van der Waals surface area contributed by atoms with Crippen LogP contribution in [-0.2, 0) is 15.9 Å². The molecule has 1 aliphatic carbocycles. The molecule has 0 aromatic heterocycles. The zero-order chi connectivity index (χ0) is 31.4. The molecule has 0 saturated carbocycles. The van der Waals surface area contributed by atoms with Crippen molar-refractivity contribution in [2.45, 2.75) is 65.6 Å². The third-order valence-corrected chi connectivity index (χ3v) is 9.06. The normalized spacial score (nSPS) is 26.1. The summed E-state index contributed by atoms with van der Waals surface area (Å²) in [5, 5.41) is 44.5. The molecule has 2 aromatic carbocycles. The third-order valence-electron chi connectivity index (χ3n) is 9.06. The van der Waals surface area contributed by atoms with Crippen molar-refractivity contribution in [3.8, 4) is 23.0 Å². The quantitative estimate of drug-likeness (QED) is 0.201. The molecular weight excluding hydrogens is 550 g/mol. The van der Waals surface area contributed by atoms with Gasteiger partial charge in [-0.2, -0.15) is 0 Å². The highest BCUT2D eigenvalue weighted by Crippen LogP contribution is 2.60. The first-order valence-corrected chi connectivity index (χ1v) is 13.1. The molecule has 0 bridgehead atoms. The number of hydrogen-bond acceptors (Lipinski definition) is 12. The number of phenolic OH excluding ortho intramolecular Hbond substituents is 3. The number of aryl methyl sites for hydroxylation is 1. The van der Waals surface area contributed by atoms with Crippen LogP contribution in [0.5, 0.6) is 23.0 Å². The summed E-state index contributed by atoms with van der Waals surface area (Å²) in [6.07, 6.45) is -1.29. The van der Waals surface area contributed by atoms with Gasteiger partial charge in [-0.15, -0.1) is 0 Å². The van der Waals surface area contributed by atoms with Crippen molar-refractivity contribution < 1.29 is 53.8 Å². The average molecular weight is 582 g/mol. The van der Waals surface area contributed by atoms with Gasteiger partial charge in [-0.3, -0.25) is 19.2 Å². The third kappa shape index (κ3) is 3.28. The standard InChI is InChI=1S/C30H31NO11/c1-10-8-15(12(3)32)23(35)16(21(10)33)9-14-11(2)22(34)17-18(24(14)36)25(37)20(31)26-19(17)27(38)29(39)28(5,6)13(4)41-30(29,40-7)42-26/h8,13,33,35,37,39H,9,31H2,1-7H3/t13-,29-,30-/m0/s1. The number of ether oxygens (including phenoxy) is 3. The zero-order valence-electron chi connectivity index (χ0n) is 24.1. The Hall–Kier alpha value is -4.26. The fourth-order valence-electron chi connectivity index (χ4n) is 6.08. The number of benzene rings is 2. The molecule has 1 saturated heterocycles. The Morgan fingerprint density at radius 1 is 1.02 bits per heavy atom. The molecule has 2 aliphatic heterocycles. The highest BCUT2D eigenvalue weighted by Gasteiger charge is 2.78. The number of aromatic hydroxyl groups is 3. The maximum atomic E-state index is 14.2. The van der Waals surface area contributed by atoms with Crippen LogP contribution in [-0.4, -0.2) is 68.3 Å². The highest BCUT2D eigenvalue weighted by molar-refractivity contribution is 6.32. The fourth-order valence-corrected chi connectivity index (χ4v) is 6.08. The number of fused-ring (bicyclic) bond motifs is 4. The summed E-state index contributed by atoms with van der Waals surface area (Å²) in [5.74, 6) is -8.01. The Kier molecular flexibility index (Phi) is 6.17. The highest BCUT2D eigenvalue weighted by atomic mass is 16.9. The monoisotopic (exact) mass is 581 g/mol. The van der Waals surface area contributed by atoms with Gasteiger partial charge in [0.2, 0.25) is 11.4 Å². The van der Waals surface area contributed by atoms with Crippen LogP contribution in [0.2, 0.25) is 0 Å². The number of carbonyl (C=O) groups excluding carboxylic acids is 4. The van der Waals surface area contributed by atoms with Gasteiger partial charge < -0.3 is 40.4 Å². The van der Waals surface area contributed by atoms with Crippen LogP contribution in [0.3, 0.4) is 0 Å². The molecule has 0 amide bonds. The number of phenols is 3. The van der Waals surface area contributed by atoms with Crippen LogP contribution in [0.15, 0.2) is 17.2 Å². The van der Waals surface area contributed by atoms with Crippen molar-refractivity contribution in [2.75, 3.05) is 12.8 Å². The van der Waals surface area contributed by atoms with E-state index in [9.17, 15) is 39.6 Å². The van der Waals surface area contributed by atoms with Crippen LogP contribution >= 0.6 is 0 Å². The van der Waals surface area contributed by atoms with Gasteiger partial charge in [0.15, 0.2) is 28.8 Å². The average Bonchev–Trinajstić information content (AvgIpc) is 3.08. The summed E-state index contributed by atoms with van der Waals surface area (Å²) in [5.41, 5.74) is -0.298. The minimum Gasteiger partial charge on any atom is -0.507 e. The van der Waals surface area contributed by atoms with E-state index in [-0.39, 0.29) is 27.8 Å². The molecule has 2 aromatic rings. The molecule has 6 N–H and O–H groups in total. The minimum atomic E-state index is -2.51. The molecule has 0 spiro atoms. The van der Waals surface area contributed by atoms with Crippen molar-refractivity contribution in [3.63, 3.8) is 0 Å². The number of anilines is 1. The molecule has 2 heterocycles. The summed E-state index contributed by atoms with van der Waals surface area (Å²) in [6, 6.07) is 1.30. The molecule has 12 nitrogen and oxygen atoms in total. The second-order valence-corrected chi connectivity index (χ2v) is 11.5. The first-order valence-electron chi connectivity index (χ1n) is 13.1. The van der Waals surface area contributed by atoms with Crippen LogP contribution in [0.25, 0.3) is 0 Å². The molecule has 5 rings (SSSR count). The van der Waals surface area contributed by atoms with E-state index in [1.165, 1.54) is 26.8 Å². The van der Waals surface area contributed by atoms with Gasteiger partial charge in [0.1, 0.15) is 17.2 Å². The molecule has 42 heavy (non-hydrogen) atoms. The minimum absolute atomic E-state index is 0.0945. The largest absolute Gasteiger partial charge is 0.507 e. The fraction of sp³-hybridized carbons (Fsp3) is 0.400. The van der Waals surface area contributed by atoms with Gasteiger partial charge in [0.25, 0.3) is 0 Å². The van der Waals surface area contributed by atoms with E-state index in [4.69, 9.17) is 19.9 Å². The molecule has 0 unspecified atom stereocenters. The number of rotatable bonds is 4. The van der Waals surface area contributed by atoms with Crippen molar-refractivity contribution in [1.29, 1.82) is 0 Å². The summed E-state index contributed by atoms with van der Waals surface area (Å²) in [6.45, 7) is 8.72. The molecule has 12 heteroatoms. The summed E-state index contributed by atoms with van der Waals surface area (Å²) in [7, 11) is 1.15. The lowest BCUT2D eigenvalue weighted by atomic mass is 9.66. The van der Waals surface area contributed by atoms with Crippen LogP contribution in [0, 0.1) is 12.3 Å². The number of carbonyl (C=O) groups is 4. The van der Waals surface area contributed by atoms with Crippen molar-refractivity contribution >= 4 is 28.8 Å². The van der Waals surface area contributed by atoms with Gasteiger partial charge in [-0.1, -0.05) is 13.8 Å². The van der Waals surface area contributed by atoms with E-state index in [1.54, 1.807) is 20.8 Å². The number of Topliss-reactive ketones (excluding diaryl/α,β-unsaturated/α-hetero) is 4. The van der Waals surface area contributed by atoms with Crippen molar-refractivity contribution in [1.82, 2.24) is 0 Å². The number of ketones is 4. The van der Waals surface area contributed by atoms with Crippen molar-refractivity contribution in [2.24, 2.45) is 5.41 Å². The van der Waals surface area contributed by atoms with Crippen LogP contribution in [0.1, 0.15) is 87.2 Å². The number of aliphatic hydroxyl groups is 1. The molecule has 3 atom stereocenters. The van der Waals surface area contributed by atoms with Crippen LogP contribution < -0.4 is 10.5 Å².